The van der Waals surface area contributed by atoms with Gasteiger partial charge in [0, 0.05) is 30.1 Å². The molecule has 2 aromatic carbocycles. The number of carbonyl (C=O) groups is 3. The molecule has 2 N–H and O–H groups in total. The summed E-state index contributed by atoms with van der Waals surface area (Å²) in [5.74, 6) is -0.857. The van der Waals surface area contributed by atoms with Crippen LogP contribution in [0.5, 0.6) is 11.5 Å². The number of ether oxygens (including phenoxy) is 3. The minimum Gasteiger partial charge on any atom is -0.493 e. The summed E-state index contributed by atoms with van der Waals surface area (Å²) in [6.07, 6.45) is 3.32. The highest BCUT2D eigenvalue weighted by Gasteiger charge is 2.67. The number of nitrogens with one attached hydrogen (secondary N) is 2. The lowest BCUT2D eigenvalue weighted by Crippen LogP contribution is -2.41. The maximum Gasteiger partial charge on any atom is 0.234 e. The molecule has 2 aromatic rings. The molecule has 2 saturated heterocycles. The van der Waals surface area contributed by atoms with Crippen molar-refractivity contribution in [2.75, 3.05) is 36.3 Å². The van der Waals surface area contributed by atoms with Crippen LogP contribution in [0, 0.1) is 11.8 Å². The number of methoxy groups -OCH3 is 2. The lowest BCUT2D eigenvalue weighted by atomic mass is 9.77. The van der Waals surface area contributed by atoms with Gasteiger partial charge in [0.25, 0.3) is 0 Å². The number of amides is 3. The van der Waals surface area contributed by atoms with E-state index in [1.165, 1.54) is 14.0 Å². The van der Waals surface area contributed by atoms with Crippen molar-refractivity contribution >= 4 is 34.8 Å². The molecule has 3 amide bonds. The molecule has 34 heavy (non-hydrogen) atoms. The van der Waals surface area contributed by atoms with Gasteiger partial charge in [0.15, 0.2) is 11.5 Å². The van der Waals surface area contributed by atoms with Crippen molar-refractivity contribution < 1.29 is 28.6 Å². The molecule has 3 aliphatic heterocycles. The molecule has 9 nitrogen and oxygen atoms in total. The first kappa shape index (κ1) is 22.0. The summed E-state index contributed by atoms with van der Waals surface area (Å²) in [6, 6.07) is 12.1. The number of benzene rings is 2. The summed E-state index contributed by atoms with van der Waals surface area (Å²) in [6.45, 7) is 1.76. The van der Waals surface area contributed by atoms with Crippen LogP contribution in [0.3, 0.4) is 0 Å². The first-order chi connectivity index (χ1) is 16.3. The Balaban J connectivity index is 1.37. The fourth-order valence-electron chi connectivity index (χ4n) is 5.08. The molecule has 0 aliphatic carbocycles. The van der Waals surface area contributed by atoms with Gasteiger partial charge in [-0.3, -0.25) is 14.4 Å². The summed E-state index contributed by atoms with van der Waals surface area (Å²) in [5.41, 5.74) is 1.03. The molecule has 0 radical (unpaired) electrons. The summed E-state index contributed by atoms with van der Waals surface area (Å²) in [7, 11) is 3.07. The Kier molecular flexibility index (Phi) is 5.28. The van der Waals surface area contributed by atoms with Gasteiger partial charge in [-0.25, -0.2) is 0 Å². The molecule has 176 valence electrons. The van der Waals surface area contributed by atoms with Gasteiger partial charge in [-0.05, 0) is 36.4 Å². The Bertz CT molecular complexity index is 1190. The van der Waals surface area contributed by atoms with Gasteiger partial charge in [-0.1, -0.05) is 12.2 Å². The van der Waals surface area contributed by atoms with Gasteiger partial charge in [0.1, 0.15) is 5.60 Å². The number of rotatable bonds is 6. The van der Waals surface area contributed by atoms with E-state index in [-0.39, 0.29) is 17.7 Å². The number of fused-ring (bicyclic) bond motifs is 1. The Hall–Kier alpha value is -3.85. The third-order valence-corrected chi connectivity index (χ3v) is 6.55. The zero-order valence-electron chi connectivity index (χ0n) is 19.0. The molecule has 2 bridgehead atoms. The molecule has 2 fully saturated rings. The lowest BCUT2D eigenvalue weighted by molar-refractivity contribution is -0.128. The summed E-state index contributed by atoms with van der Waals surface area (Å²) < 4.78 is 16.8. The number of carbonyl (C=O) groups excluding carboxylic acids is 3. The third-order valence-electron chi connectivity index (χ3n) is 6.55. The van der Waals surface area contributed by atoms with Crippen LogP contribution < -0.4 is 25.0 Å². The molecule has 4 atom stereocenters. The second-order valence-electron chi connectivity index (χ2n) is 8.61. The highest BCUT2D eigenvalue weighted by Crippen LogP contribution is 2.53. The van der Waals surface area contributed by atoms with Crippen LogP contribution in [0.15, 0.2) is 54.6 Å². The van der Waals surface area contributed by atoms with Gasteiger partial charge in [-0.2, -0.15) is 0 Å². The van der Waals surface area contributed by atoms with E-state index in [2.05, 4.69) is 10.6 Å². The van der Waals surface area contributed by atoms with Crippen molar-refractivity contribution in [1.29, 1.82) is 0 Å². The first-order valence-corrected chi connectivity index (χ1v) is 10.9. The predicted molar refractivity (Wildman–Crippen MR) is 125 cm³/mol. The van der Waals surface area contributed by atoms with E-state index in [4.69, 9.17) is 14.2 Å². The van der Waals surface area contributed by atoms with Crippen molar-refractivity contribution in [3.63, 3.8) is 0 Å². The number of hydrogen-bond donors (Lipinski definition) is 2. The fraction of sp³-hybridized carbons (Fsp3) is 0.320. The average Bonchev–Trinajstić information content (AvgIpc) is 3.47. The second kappa shape index (κ2) is 8.18. The quantitative estimate of drug-likeness (QED) is 0.638. The van der Waals surface area contributed by atoms with Crippen LogP contribution in [-0.4, -0.2) is 50.2 Å². The topological polar surface area (TPSA) is 106 Å². The standard InChI is InChI=1S/C25H25N3O6/c1-14(29)26-15-4-7-17(8-5-15)28-13-25-11-10-19(34-25)21(22(25)24(28)31)23(30)27-16-6-9-18(32-2)20(12-16)33-3/h4-12,19,21-22H,13H2,1-3H3,(H,26,29)(H,27,30)/t19-,21+,22-,25+/m1/s1. The molecule has 3 heterocycles. The van der Waals surface area contributed by atoms with E-state index >= 15 is 0 Å². The van der Waals surface area contributed by atoms with Crippen LogP contribution >= 0.6 is 0 Å². The number of hydrogen-bond acceptors (Lipinski definition) is 6. The zero-order chi connectivity index (χ0) is 24.0. The van der Waals surface area contributed by atoms with Crippen LogP contribution in [0.25, 0.3) is 0 Å². The van der Waals surface area contributed by atoms with Crippen molar-refractivity contribution in [1.82, 2.24) is 0 Å². The maximum absolute atomic E-state index is 13.5. The Morgan fingerprint density at radius 2 is 1.74 bits per heavy atom. The van der Waals surface area contributed by atoms with E-state index in [1.807, 2.05) is 12.2 Å². The molecule has 3 aliphatic rings. The van der Waals surface area contributed by atoms with E-state index in [0.717, 1.165) is 0 Å². The molecule has 0 saturated carbocycles. The minimum absolute atomic E-state index is 0.161. The lowest BCUT2D eigenvalue weighted by Gasteiger charge is -2.23. The molecule has 0 unspecified atom stereocenters. The zero-order valence-corrected chi connectivity index (χ0v) is 19.0. The van der Waals surface area contributed by atoms with Crippen molar-refractivity contribution in [3.05, 3.63) is 54.6 Å². The average molecular weight is 463 g/mol. The molecule has 1 spiro atoms. The molecule has 0 aromatic heterocycles. The van der Waals surface area contributed by atoms with Crippen LogP contribution in [0.1, 0.15) is 6.92 Å². The monoisotopic (exact) mass is 463 g/mol. The fourth-order valence-corrected chi connectivity index (χ4v) is 5.08. The number of nitrogens with zero attached hydrogens (tertiary/aromatic N) is 1. The smallest absolute Gasteiger partial charge is 0.234 e. The second-order valence-corrected chi connectivity index (χ2v) is 8.61. The summed E-state index contributed by atoms with van der Waals surface area (Å²) in [4.78, 5) is 39.8. The van der Waals surface area contributed by atoms with Crippen LogP contribution in [0.2, 0.25) is 0 Å². The molecule has 9 heteroatoms. The maximum atomic E-state index is 13.5. The van der Waals surface area contributed by atoms with E-state index in [9.17, 15) is 14.4 Å². The first-order valence-electron chi connectivity index (χ1n) is 10.9. The van der Waals surface area contributed by atoms with E-state index < -0.39 is 23.5 Å². The minimum atomic E-state index is -0.836. The van der Waals surface area contributed by atoms with E-state index in [0.29, 0.717) is 35.1 Å². The van der Waals surface area contributed by atoms with Crippen molar-refractivity contribution in [3.8, 4) is 11.5 Å². The van der Waals surface area contributed by atoms with Crippen molar-refractivity contribution in [2.24, 2.45) is 11.8 Å². The predicted octanol–water partition coefficient (Wildman–Crippen LogP) is 2.59. The van der Waals surface area contributed by atoms with Gasteiger partial charge >= 0.3 is 0 Å². The highest BCUT2D eigenvalue weighted by molar-refractivity contribution is 6.05. The largest absolute Gasteiger partial charge is 0.493 e. The van der Waals surface area contributed by atoms with Gasteiger partial charge in [-0.15, -0.1) is 0 Å². The molecular weight excluding hydrogens is 438 g/mol. The van der Waals surface area contributed by atoms with Gasteiger partial charge in [0.05, 0.1) is 38.7 Å². The molecule has 5 rings (SSSR count). The van der Waals surface area contributed by atoms with Crippen molar-refractivity contribution in [2.45, 2.75) is 18.6 Å². The Labute approximate surface area is 196 Å². The SMILES string of the molecule is COc1ccc(NC(=O)[C@H]2[C@H]3C=C[C@@]4(CN(c5ccc(NC(C)=O)cc5)C(=O)[C@@H]24)O3)cc1OC. The van der Waals surface area contributed by atoms with Crippen LogP contribution in [0.4, 0.5) is 17.1 Å². The Morgan fingerprint density at radius 3 is 2.41 bits per heavy atom. The van der Waals surface area contributed by atoms with Gasteiger partial charge in [0.2, 0.25) is 17.7 Å². The van der Waals surface area contributed by atoms with Crippen LogP contribution in [-0.2, 0) is 19.1 Å². The molecular formula is C25H25N3O6. The Morgan fingerprint density at radius 1 is 1.03 bits per heavy atom. The summed E-state index contributed by atoms with van der Waals surface area (Å²) >= 11 is 0. The number of anilines is 3. The normalized spacial score (nSPS) is 26.4. The van der Waals surface area contributed by atoms with Gasteiger partial charge < -0.3 is 29.7 Å². The van der Waals surface area contributed by atoms with E-state index in [1.54, 1.807) is 54.5 Å². The summed E-state index contributed by atoms with van der Waals surface area (Å²) in [5, 5.41) is 5.62. The highest BCUT2D eigenvalue weighted by atomic mass is 16.5. The third kappa shape index (κ3) is 3.49.